The van der Waals surface area contributed by atoms with E-state index < -0.39 is 0 Å². The molecule has 0 amide bonds. The Hall–Kier alpha value is -0.940. The van der Waals surface area contributed by atoms with Gasteiger partial charge in [-0.25, -0.2) is 4.98 Å². The molecular weight excluding hydrogens is 224 g/mol. The van der Waals surface area contributed by atoms with Crippen molar-refractivity contribution in [2.75, 3.05) is 27.2 Å². The maximum absolute atomic E-state index is 11.1. The first-order chi connectivity index (χ1) is 7.69. The molecule has 88 valence electrons. The van der Waals surface area contributed by atoms with Crippen molar-refractivity contribution >= 4 is 17.3 Å². The highest BCUT2D eigenvalue weighted by atomic mass is 32.1. The third-order valence-corrected chi connectivity index (χ3v) is 3.92. The highest BCUT2D eigenvalue weighted by molar-refractivity contribution is 7.09. The number of methoxy groups -OCH3 is 1. The Bertz CT molecular complexity index is 378. The van der Waals surface area contributed by atoms with Crippen LogP contribution in [0.4, 0.5) is 0 Å². The Morgan fingerprint density at radius 3 is 3.19 bits per heavy atom. The molecule has 0 aliphatic carbocycles. The third-order valence-electron chi connectivity index (χ3n) is 2.86. The van der Waals surface area contributed by atoms with Crippen LogP contribution in [0, 0.1) is 0 Å². The average molecular weight is 240 g/mol. The number of thiazole rings is 1. The molecule has 1 unspecified atom stereocenters. The van der Waals surface area contributed by atoms with Crippen LogP contribution in [0.5, 0.6) is 0 Å². The Labute approximate surface area is 99.2 Å². The molecule has 1 saturated heterocycles. The molecule has 16 heavy (non-hydrogen) atoms. The molecule has 2 rings (SSSR count). The Morgan fingerprint density at radius 1 is 1.75 bits per heavy atom. The van der Waals surface area contributed by atoms with Crippen molar-refractivity contribution in [3.8, 4) is 0 Å². The Morgan fingerprint density at radius 2 is 2.56 bits per heavy atom. The van der Waals surface area contributed by atoms with Crippen molar-refractivity contribution in [1.82, 2.24) is 9.88 Å². The maximum atomic E-state index is 11.1. The van der Waals surface area contributed by atoms with Gasteiger partial charge < -0.3 is 9.64 Å². The minimum absolute atomic E-state index is 0.222. The van der Waals surface area contributed by atoms with Crippen LogP contribution in [-0.4, -0.2) is 43.1 Å². The Kier molecular flexibility index (Phi) is 3.56. The number of hydrogen-bond donors (Lipinski definition) is 0. The van der Waals surface area contributed by atoms with Crippen LogP contribution in [0.2, 0.25) is 0 Å². The summed E-state index contributed by atoms with van der Waals surface area (Å²) in [5.74, 6) is 0.321. The van der Waals surface area contributed by atoms with Gasteiger partial charge in [0, 0.05) is 17.8 Å². The van der Waals surface area contributed by atoms with Crippen molar-refractivity contribution in [1.29, 1.82) is 0 Å². The first-order valence-corrected chi connectivity index (χ1v) is 6.26. The molecule has 0 radical (unpaired) electrons. The lowest BCUT2D eigenvalue weighted by atomic mass is 10.1. The van der Waals surface area contributed by atoms with Gasteiger partial charge in [0.05, 0.1) is 24.2 Å². The number of rotatable bonds is 3. The van der Waals surface area contributed by atoms with Gasteiger partial charge in [-0.3, -0.25) is 4.79 Å². The smallest absolute Gasteiger partial charge is 0.311 e. The second-order valence-corrected chi connectivity index (χ2v) is 5.07. The van der Waals surface area contributed by atoms with Crippen LogP contribution in [0.15, 0.2) is 5.38 Å². The van der Waals surface area contributed by atoms with E-state index in [1.54, 1.807) is 11.3 Å². The molecule has 2 heterocycles. The molecule has 1 atom stereocenters. The first-order valence-electron chi connectivity index (χ1n) is 5.38. The summed E-state index contributed by atoms with van der Waals surface area (Å²) in [4.78, 5) is 17.9. The minimum atomic E-state index is -0.222. The molecule has 1 aliphatic heterocycles. The molecule has 5 heteroatoms. The van der Waals surface area contributed by atoms with Gasteiger partial charge in [-0.05, 0) is 20.0 Å². The molecule has 0 spiro atoms. The van der Waals surface area contributed by atoms with Crippen molar-refractivity contribution in [3.63, 3.8) is 0 Å². The van der Waals surface area contributed by atoms with Gasteiger partial charge in [-0.15, -0.1) is 11.3 Å². The van der Waals surface area contributed by atoms with E-state index >= 15 is 0 Å². The van der Waals surface area contributed by atoms with E-state index in [9.17, 15) is 4.79 Å². The molecule has 4 nitrogen and oxygen atoms in total. The zero-order valence-electron chi connectivity index (χ0n) is 9.60. The number of nitrogens with zero attached hydrogens (tertiary/aromatic N) is 2. The molecule has 0 N–H and O–H groups in total. The lowest BCUT2D eigenvalue weighted by molar-refractivity contribution is -0.139. The molecular formula is C11H16N2O2S. The quantitative estimate of drug-likeness (QED) is 0.746. The number of likely N-dealkylation sites (tertiary alicyclic amines) is 1. The van der Waals surface area contributed by atoms with Crippen molar-refractivity contribution < 1.29 is 9.53 Å². The van der Waals surface area contributed by atoms with E-state index in [1.165, 1.54) is 13.5 Å². The SMILES string of the molecule is COC(=O)Cc1csc(C2CCN(C)C2)n1. The van der Waals surface area contributed by atoms with E-state index in [2.05, 4.69) is 21.7 Å². The van der Waals surface area contributed by atoms with Gasteiger partial charge >= 0.3 is 5.97 Å². The molecule has 1 aliphatic rings. The van der Waals surface area contributed by atoms with Gasteiger partial charge in [0.15, 0.2) is 0 Å². The molecule has 1 aromatic rings. The summed E-state index contributed by atoms with van der Waals surface area (Å²) in [6.45, 7) is 2.21. The average Bonchev–Trinajstić information content (AvgIpc) is 2.87. The molecule has 0 aromatic carbocycles. The normalized spacial score (nSPS) is 21.2. The second kappa shape index (κ2) is 4.93. The van der Waals surface area contributed by atoms with Crippen molar-refractivity contribution in [2.45, 2.75) is 18.8 Å². The fraction of sp³-hybridized carbons (Fsp3) is 0.636. The number of carbonyl (C=O) groups is 1. The third kappa shape index (κ3) is 2.59. The van der Waals surface area contributed by atoms with Crippen molar-refractivity contribution in [2.24, 2.45) is 0 Å². The van der Waals surface area contributed by atoms with Crippen LogP contribution < -0.4 is 0 Å². The summed E-state index contributed by atoms with van der Waals surface area (Å²) in [5.41, 5.74) is 0.835. The number of carbonyl (C=O) groups excluding carboxylic acids is 1. The monoisotopic (exact) mass is 240 g/mol. The van der Waals surface area contributed by atoms with Crippen LogP contribution in [0.1, 0.15) is 23.0 Å². The minimum Gasteiger partial charge on any atom is -0.469 e. The van der Waals surface area contributed by atoms with E-state index in [-0.39, 0.29) is 12.4 Å². The summed E-state index contributed by atoms with van der Waals surface area (Å²) >= 11 is 1.66. The number of esters is 1. The second-order valence-electron chi connectivity index (χ2n) is 4.18. The first kappa shape index (κ1) is 11.5. The summed E-state index contributed by atoms with van der Waals surface area (Å²) in [5, 5.41) is 3.12. The zero-order chi connectivity index (χ0) is 11.5. The molecule has 1 fully saturated rings. The zero-order valence-corrected chi connectivity index (χ0v) is 10.4. The summed E-state index contributed by atoms with van der Waals surface area (Å²) in [6, 6.07) is 0. The van der Waals surface area contributed by atoms with Crippen LogP contribution in [0.25, 0.3) is 0 Å². The van der Waals surface area contributed by atoms with Crippen molar-refractivity contribution in [3.05, 3.63) is 16.1 Å². The van der Waals surface area contributed by atoms with Gasteiger partial charge in [0.2, 0.25) is 0 Å². The van der Waals surface area contributed by atoms with E-state index in [4.69, 9.17) is 0 Å². The predicted octanol–water partition coefficient (Wildman–Crippen LogP) is 1.28. The summed E-state index contributed by atoms with van der Waals surface area (Å²) < 4.78 is 4.62. The predicted molar refractivity (Wildman–Crippen MR) is 62.7 cm³/mol. The molecule has 0 bridgehead atoms. The molecule has 0 saturated carbocycles. The Balaban J connectivity index is 1.99. The highest BCUT2D eigenvalue weighted by Crippen LogP contribution is 2.28. The highest BCUT2D eigenvalue weighted by Gasteiger charge is 2.23. The summed E-state index contributed by atoms with van der Waals surface area (Å²) in [6.07, 6.45) is 1.46. The van der Waals surface area contributed by atoms with E-state index in [1.807, 2.05) is 5.38 Å². The summed E-state index contributed by atoms with van der Waals surface area (Å²) in [7, 11) is 3.53. The largest absolute Gasteiger partial charge is 0.469 e. The fourth-order valence-electron chi connectivity index (χ4n) is 1.95. The maximum Gasteiger partial charge on any atom is 0.311 e. The van der Waals surface area contributed by atoms with Gasteiger partial charge in [-0.1, -0.05) is 0 Å². The van der Waals surface area contributed by atoms with Crippen LogP contribution >= 0.6 is 11.3 Å². The van der Waals surface area contributed by atoms with Gasteiger partial charge in [0.25, 0.3) is 0 Å². The van der Waals surface area contributed by atoms with Gasteiger partial charge in [-0.2, -0.15) is 0 Å². The van der Waals surface area contributed by atoms with Gasteiger partial charge in [0.1, 0.15) is 0 Å². The standard InChI is InChI=1S/C11H16N2O2S/c1-13-4-3-8(6-13)11-12-9(7-16-11)5-10(14)15-2/h7-8H,3-6H2,1-2H3. The lowest BCUT2D eigenvalue weighted by Gasteiger charge is -2.06. The number of aromatic nitrogens is 1. The van der Waals surface area contributed by atoms with Crippen LogP contribution in [-0.2, 0) is 16.0 Å². The number of ether oxygens (including phenoxy) is 1. The molecule has 1 aromatic heterocycles. The fourth-order valence-corrected chi connectivity index (χ4v) is 2.90. The van der Waals surface area contributed by atoms with E-state index in [0.717, 1.165) is 23.8 Å². The van der Waals surface area contributed by atoms with E-state index in [0.29, 0.717) is 5.92 Å². The number of hydrogen-bond acceptors (Lipinski definition) is 5. The topological polar surface area (TPSA) is 42.4 Å². The lowest BCUT2D eigenvalue weighted by Crippen LogP contribution is -2.13. The van der Waals surface area contributed by atoms with Crippen LogP contribution in [0.3, 0.4) is 0 Å². The number of likely N-dealkylation sites (N-methyl/N-ethyl adjacent to an activating group) is 1.